The van der Waals surface area contributed by atoms with Crippen LogP contribution in [0.15, 0.2) is 4.99 Å². The van der Waals surface area contributed by atoms with Gasteiger partial charge in [-0.05, 0) is 19.6 Å². The average molecular weight is 153 g/mol. The molecule has 1 saturated carbocycles. The monoisotopic (exact) mass is 153 g/mol. The zero-order valence-electron chi connectivity index (χ0n) is 7.10. The van der Waals surface area contributed by atoms with Crippen molar-refractivity contribution in [2.24, 2.45) is 10.4 Å². The van der Waals surface area contributed by atoms with Crippen molar-refractivity contribution >= 4 is 12.6 Å². The predicted molar refractivity (Wildman–Crippen MR) is 45.7 cm³/mol. The first-order valence-electron chi connectivity index (χ1n) is 4.20. The topological polar surface area (TPSA) is 29.4 Å². The van der Waals surface area contributed by atoms with Crippen molar-refractivity contribution in [1.29, 1.82) is 0 Å². The Hall–Kier alpha value is -0.660. The third-order valence-electron chi connectivity index (χ3n) is 2.62. The minimum atomic E-state index is -0.181. The van der Waals surface area contributed by atoms with Crippen LogP contribution >= 0.6 is 0 Å². The van der Waals surface area contributed by atoms with Gasteiger partial charge in [-0.15, -0.1) is 0 Å². The quantitative estimate of drug-likeness (QED) is 0.531. The minimum absolute atomic E-state index is 0.0165. The molecular weight excluding hydrogens is 138 g/mol. The van der Waals surface area contributed by atoms with Crippen LogP contribution in [0.4, 0.5) is 0 Å². The van der Waals surface area contributed by atoms with Crippen LogP contribution in [0.25, 0.3) is 0 Å². The molecule has 0 spiro atoms. The van der Waals surface area contributed by atoms with E-state index >= 15 is 0 Å². The molecule has 2 heteroatoms. The van der Waals surface area contributed by atoms with Crippen molar-refractivity contribution in [3.8, 4) is 0 Å². The molecule has 0 heterocycles. The van der Waals surface area contributed by atoms with Gasteiger partial charge in [0.2, 0.25) is 0 Å². The zero-order chi connectivity index (χ0) is 8.32. The first kappa shape index (κ1) is 8.44. The number of hydrogen-bond donors (Lipinski definition) is 0. The molecule has 1 fully saturated rings. The Morgan fingerprint density at radius 3 is 2.36 bits per heavy atom. The number of amides is 1. The van der Waals surface area contributed by atoms with E-state index in [4.69, 9.17) is 0 Å². The Bertz CT molecular complexity index is 168. The molecule has 0 aromatic rings. The second kappa shape index (κ2) is 3.16. The second-order valence-electron chi connectivity index (χ2n) is 3.58. The van der Waals surface area contributed by atoms with E-state index < -0.39 is 0 Å². The van der Waals surface area contributed by atoms with Gasteiger partial charge < -0.3 is 0 Å². The maximum atomic E-state index is 11.3. The second-order valence-corrected chi connectivity index (χ2v) is 3.58. The van der Waals surface area contributed by atoms with Gasteiger partial charge in [0.1, 0.15) is 0 Å². The molecule has 1 aliphatic rings. The molecule has 0 bridgehead atoms. The number of carbonyl (C=O) groups excluding carboxylic acids is 1. The Balaban J connectivity index is 2.63. The number of nitrogens with zero attached hydrogens (tertiary/aromatic N) is 1. The highest BCUT2D eigenvalue weighted by molar-refractivity contribution is 5.86. The largest absolute Gasteiger partial charge is 0.272 e. The van der Waals surface area contributed by atoms with Gasteiger partial charge in [-0.25, -0.2) is 4.99 Å². The molecule has 0 saturated heterocycles. The Morgan fingerprint density at radius 1 is 1.36 bits per heavy atom. The average Bonchev–Trinajstić information content (AvgIpc) is 2.04. The first-order valence-corrected chi connectivity index (χ1v) is 4.20. The van der Waals surface area contributed by atoms with E-state index in [9.17, 15) is 4.79 Å². The fraction of sp³-hybridized carbons (Fsp3) is 0.778. The highest BCUT2D eigenvalue weighted by atomic mass is 16.1. The SMILES string of the molecule is C=NC(=O)C1(C)CCCCC1. The van der Waals surface area contributed by atoms with Crippen LogP contribution < -0.4 is 0 Å². The van der Waals surface area contributed by atoms with Crippen molar-refractivity contribution in [3.05, 3.63) is 0 Å². The molecule has 0 aromatic carbocycles. The van der Waals surface area contributed by atoms with Crippen molar-refractivity contribution in [2.45, 2.75) is 39.0 Å². The Labute approximate surface area is 67.7 Å². The lowest BCUT2D eigenvalue weighted by atomic mass is 9.75. The molecular formula is C9H15NO. The van der Waals surface area contributed by atoms with E-state index in [1.807, 2.05) is 6.92 Å². The molecule has 0 aromatic heterocycles. The molecule has 0 radical (unpaired) electrons. The van der Waals surface area contributed by atoms with E-state index in [0.29, 0.717) is 0 Å². The molecule has 11 heavy (non-hydrogen) atoms. The van der Waals surface area contributed by atoms with Crippen LogP contribution in [-0.4, -0.2) is 12.6 Å². The van der Waals surface area contributed by atoms with Gasteiger partial charge in [-0.2, -0.15) is 0 Å². The standard InChI is InChI=1S/C9H15NO/c1-9(8(11)10-2)6-4-3-5-7-9/h2-7H2,1H3. The molecule has 62 valence electrons. The van der Waals surface area contributed by atoms with Gasteiger partial charge in [0, 0.05) is 5.41 Å². The summed E-state index contributed by atoms with van der Waals surface area (Å²) in [5.74, 6) is -0.0165. The number of aliphatic imine (C=N–C) groups is 1. The lowest BCUT2D eigenvalue weighted by Crippen LogP contribution is -2.28. The van der Waals surface area contributed by atoms with Crippen LogP contribution in [0, 0.1) is 5.41 Å². The third-order valence-corrected chi connectivity index (χ3v) is 2.62. The molecule has 1 aliphatic carbocycles. The van der Waals surface area contributed by atoms with E-state index in [0.717, 1.165) is 25.7 Å². The summed E-state index contributed by atoms with van der Waals surface area (Å²) in [6, 6.07) is 0. The molecule has 2 nitrogen and oxygen atoms in total. The Kier molecular flexibility index (Phi) is 2.42. The van der Waals surface area contributed by atoms with Gasteiger partial charge in [-0.1, -0.05) is 26.2 Å². The summed E-state index contributed by atoms with van der Waals surface area (Å²) in [6.07, 6.45) is 5.57. The smallest absolute Gasteiger partial charge is 0.250 e. The Morgan fingerprint density at radius 2 is 1.91 bits per heavy atom. The van der Waals surface area contributed by atoms with Crippen LogP contribution in [0.5, 0.6) is 0 Å². The maximum Gasteiger partial charge on any atom is 0.250 e. The maximum absolute atomic E-state index is 11.3. The number of rotatable bonds is 1. The van der Waals surface area contributed by atoms with Crippen LogP contribution in [0.2, 0.25) is 0 Å². The summed E-state index contributed by atoms with van der Waals surface area (Å²) in [5.41, 5.74) is -0.181. The molecule has 0 atom stereocenters. The fourth-order valence-corrected chi connectivity index (χ4v) is 1.74. The predicted octanol–water partition coefficient (Wildman–Crippen LogP) is 2.18. The number of hydrogen-bond acceptors (Lipinski definition) is 1. The van der Waals surface area contributed by atoms with Gasteiger partial charge >= 0.3 is 0 Å². The van der Waals surface area contributed by atoms with Crippen molar-refractivity contribution in [2.75, 3.05) is 0 Å². The van der Waals surface area contributed by atoms with E-state index in [2.05, 4.69) is 11.7 Å². The summed E-state index contributed by atoms with van der Waals surface area (Å²) in [4.78, 5) is 14.8. The van der Waals surface area contributed by atoms with Crippen molar-refractivity contribution < 1.29 is 4.79 Å². The molecule has 0 N–H and O–H groups in total. The lowest BCUT2D eigenvalue weighted by Gasteiger charge is -2.29. The van der Waals surface area contributed by atoms with Gasteiger partial charge in [0.15, 0.2) is 0 Å². The van der Waals surface area contributed by atoms with Crippen LogP contribution in [0.1, 0.15) is 39.0 Å². The summed E-state index contributed by atoms with van der Waals surface area (Å²) in [6.45, 7) is 5.28. The van der Waals surface area contributed by atoms with E-state index in [1.54, 1.807) is 0 Å². The highest BCUT2D eigenvalue weighted by Gasteiger charge is 2.33. The minimum Gasteiger partial charge on any atom is -0.272 e. The summed E-state index contributed by atoms with van der Waals surface area (Å²) < 4.78 is 0. The third kappa shape index (κ3) is 1.67. The molecule has 1 amide bonds. The normalized spacial score (nSPS) is 22.6. The van der Waals surface area contributed by atoms with E-state index in [1.165, 1.54) is 6.42 Å². The molecule has 0 unspecified atom stereocenters. The van der Waals surface area contributed by atoms with Crippen molar-refractivity contribution in [3.63, 3.8) is 0 Å². The highest BCUT2D eigenvalue weighted by Crippen LogP contribution is 2.36. The summed E-state index contributed by atoms with van der Waals surface area (Å²) >= 11 is 0. The van der Waals surface area contributed by atoms with Gasteiger partial charge in [-0.3, -0.25) is 4.79 Å². The van der Waals surface area contributed by atoms with Gasteiger partial charge in [0.05, 0.1) is 0 Å². The first-order chi connectivity index (χ1) is 5.19. The summed E-state index contributed by atoms with van der Waals surface area (Å²) in [5, 5.41) is 0. The lowest BCUT2D eigenvalue weighted by molar-refractivity contribution is -0.128. The van der Waals surface area contributed by atoms with Crippen LogP contribution in [0.3, 0.4) is 0 Å². The van der Waals surface area contributed by atoms with Crippen molar-refractivity contribution in [1.82, 2.24) is 0 Å². The van der Waals surface area contributed by atoms with Crippen LogP contribution in [-0.2, 0) is 4.79 Å². The van der Waals surface area contributed by atoms with Gasteiger partial charge in [0.25, 0.3) is 5.91 Å². The zero-order valence-corrected chi connectivity index (χ0v) is 7.10. The van der Waals surface area contributed by atoms with E-state index in [-0.39, 0.29) is 11.3 Å². The fourth-order valence-electron chi connectivity index (χ4n) is 1.74. The number of carbonyl (C=O) groups is 1. The molecule has 0 aliphatic heterocycles. The summed E-state index contributed by atoms with van der Waals surface area (Å²) in [7, 11) is 0. The molecule has 1 rings (SSSR count).